The van der Waals surface area contributed by atoms with E-state index in [2.05, 4.69) is 4.84 Å². The van der Waals surface area contributed by atoms with Gasteiger partial charge in [-0.15, -0.1) is 0 Å². The first-order chi connectivity index (χ1) is 7.97. The molecule has 0 aliphatic carbocycles. The minimum Gasteiger partial charge on any atom is -0.495 e. The lowest BCUT2D eigenvalue weighted by molar-refractivity contribution is -0.123. The molecule has 0 aliphatic heterocycles. The summed E-state index contributed by atoms with van der Waals surface area (Å²) in [5, 5.41) is 0. The zero-order valence-corrected chi connectivity index (χ0v) is 9.86. The van der Waals surface area contributed by atoms with E-state index in [9.17, 15) is 13.2 Å². The first-order valence-electron chi connectivity index (χ1n) is 4.52. The average molecular weight is 260 g/mol. The lowest BCUT2D eigenvalue weighted by atomic mass is 10.3. The molecule has 7 nitrogen and oxygen atoms in total. The Balaban J connectivity index is 2.86. The lowest BCUT2D eigenvalue weighted by Crippen LogP contribution is -2.29. The molecule has 1 aromatic rings. The molecule has 0 atom stereocenters. The number of hydrogen-bond donors (Lipinski definition) is 2. The van der Waals surface area contributed by atoms with E-state index in [1.807, 2.05) is 0 Å². The van der Waals surface area contributed by atoms with Crippen LogP contribution in [0, 0.1) is 0 Å². The van der Waals surface area contributed by atoms with E-state index >= 15 is 0 Å². The molecule has 0 bridgehead atoms. The highest BCUT2D eigenvalue weighted by Gasteiger charge is 2.19. The van der Waals surface area contributed by atoms with Crippen LogP contribution in [0.1, 0.15) is 0 Å². The summed E-state index contributed by atoms with van der Waals surface area (Å²) in [4.78, 5) is 16.5. The molecule has 1 aromatic carbocycles. The summed E-state index contributed by atoms with van der Waals surface area (Å²) in [5.74, 6) is -0.615. The Hall–Kier alpha value is -1.64. The van der Waals surface area contributed by atoms with Gasteiger partial charge in [-0.1, -0.05) is 17.0 Å². The predicted octanol–water partition coefficient (Wildman–Crippen LogP) is -0.610. The summed E-state index contributed by atoms with van der Waals surface area (Å²) in [5.41, 5.74) is 4.79. The summed E-state index contributed by atoms with van der Waals surface area (Å²) < 4.78 is 28.3. The van der Waals surface area contributed by atoms with Crippen molar-refractivity contribution in [2.45, 2.75) is 4.90 Å². The number of rotatable bonds is 6. The maximum atomic E-state index is 11.7. The number of para-hydroxylation sites is 1. The molecule has 8 heteroatoms. The van der Waals surface area contributed by atoms with Crippen LogP contribution in [0.4, 0.5) is 0 Å². The fourth-order valence-corrected chi connectivity index (χ4v) is 2.04. The molecular formula is C9H12N2O5S. The number of ether oxygens (including phenoxy) is 1. The van der Waals surface area contributed by atoms with Gasteiger partial charge in [-0.25, -0.2) is 8.42 Å². The molecule has 94 valence electrons. The zero-order chi connectivity index (χ0) is 12.9. The van der Waals surface area contributed by atoms with Gasteiger partial charge in [0.2, 0.25) is 5.91 Å². The van der Waals surface area contributed by atoms with Crippen LogP contribution in [0.3, 0.4) is 0 Å². The second-order valence-corrected chi connectivity index (χ2v) is 4.61. The third-order valence-electron chi connectivity index (χ3n) is 1.74. The maximum absolute atomic E-state index is 11.7. The van der Waals surface area contributed by atoms with Crippen molar-refractivity contribution in [3.8, 4) is 5.75 Å². The number of sulfonamides is 1. The Labute approximate surface area is 98.5 Å². The highest BCUT2D eigenvalue weighted by atomic mass is 32.2. The van der Waals surface area contributed by atoms with Crippen LogP contribution in [0.15, 0.2) is 29.2 Å². The third kappa shape index (κ3) is 3.70. The second-order valence-electron chi connectivity index (χ2n) is 2.99. The largest absolute Gasteiger partial charge is 0.495 e. The Bertz CT molecular complexity index is 500. The van der Waals surface area contributed by atoms with Crippen molar-refractivity contribution in [3.05, 3.63) is 24.3 Å². The van der Waals surface area contributed by atoms with Crippen LogP contribution in [0.25, 0.3) is 0 Å². The van der Waals surface area contributed by atoms with E-state index in [-0.39, 0.29) is 10.6 Å². The molecule has 3 N–H and O–H groups in total. The lowest BCUT2D eigenvalue weighted by Gasteiger charge is -2.09. The summed E-state index contributed by atoms with van der Waals surface area (Å²) in [7, 11) is -2.56. The monoisotopic (exact) mass is 260 g/mol. The summed E-state index contributed by atoms with van der Waals surface area (Å²) in [6.45, 7) is -0.547. The highest BCUT2D eigenvalue weighted by molar-refractivity contribution is 7.89. The van der Waals surface area contributed by atoms with Crippen molar-refractivity contribution >= 4 is 15.9 Å². The first-order valence-corrected chi connectivity index (χ1v) is 6.00. The van der Waals surface area contributed by atoms with Crippen molar-refractivity contribution in [3.63, 3.8) is 0 Å². The van der Waals surface area contributed by atoms with Gasteiger partial charge >= 0.3 is 0 Å². The van der Waals surface area contributed by atoms with Crippen LogP contribution in [0.2, 0.25) is 0 Å². The first kappa shape index (κ1) is 13.4. The molecule has 0 heterocycles. The molecule has 0 saturated carbocycles. The van der Waals surface area contributed by atoms with Crippen molar-refractivity contribution in [1.82, 2.24) is 4.89 Å². The van der Waals surface area contributed by atoms with E-state index in [4.69, 9.17) is 10.5 Å². The number of carbonyl (C=O) groups excluding carboxylic acids is 1. The number of primary amides is 1. The van der Waals surface area contributed by atoms with Crippen LogP contribution < -0.4 is 15.4 Å². The molecule has 0 spiro atoms. The molecule has 0 fully saturated rings. The molecule has 1 amide bonds. The molecule has 1 rings (SSSR count). The van der Waals surface area contributed by atoms with Gasteiger partial charge in [0.1, 0.15) is 17.3 Å². The smallest absolute Gasteiger partial charge is 0.266 e. The van der Waals surface area contributed by atoms with Crippen molar-refractivity contribution < 1.29 is 22.8 Å². The molecule has 0 unspecified atom stereocenters. The fraction of sp³-hybridized carbons (Fsp3) is 0.222. The normalized spacial score (nSPS) is 11.1. The summed E-state index contributed by atoms with van der Waals surface area (Å²) in [6, 6.07) is 5.99. The van der Waals surface area contributed by atoms with Gasteiger partial charge in [-0.2, -0.15) is 0 Å². The van der Waals surface area contributed by atoms with Crippen molar-refractivity contribution in [1.29, 1.82) is 0 Å². The number of nitrogens with one attached hydrogen (secondary N) is 1. The number of methoxy groups -OCH3 is 1. The minimum absolute atomic E-state index is 0.0908. The molecule has 0 aromatic heterocycles. The Kier molecular flexibility index (Phi) is 4.44. The van der Waals surface area contributed by atoms with Crippen LogP contribution in [0.5, 0.6) is 5.75 Å². The molecule has 0 radical (unpaired) electrons. The van der Waals surface area contributed by atoms with Crippen LogP contribution in [-0.4, -0.2) is 28.0 Å². The average Bonchev–Trinajstić information content (AvgIpc) is 2.28. The molecular weight excluding hydrogens is 248 g/mol. The molecule has 0 aliphatic rings. The second kappa shape index (κ2) is 5.62. The Morgan fingerprint density at radius 1 is 1.41 bits per heavy atom. The van der Waals surface area contributed by atoms with Crippen LogP contribution >= 0.6 is 0 Å². The van der Waals surface area contributed by atoms with Crippen molar-refractivity contribution in [2.24, 2.45) is 5.73 Å². The van der Waals surface area contributed by atoms with Gasteiger partial charge in [0, 0.05) is 0 Å². The fourth-order valence-electron chi connectivity index (χ4n) is 1.06. The topological polar surface area (TPSA) is 108 Å². The standard InChI is InChI=1S/C9H12N2O5S/c1-15-7-4-2-3-5-8(7)17(13,14)11-16-6-9(10)12/h2-5,11H,6H2,1H3,(H2,10,12). The Morgan fingerprint density at radius 2 is 2.06 bits per heavy atom. The van der Waals surface area contributed by atoms with E-state index in [0.717, 1.165) is 0 Å². The van der Waals surface area contributed by atoms with Gasteiger partial charge in [0.05, 0.1) is 7.11 Å². The number of hydrogen-bond acceptors (Lipinski definition) is 5. The van der Waals surface area contributed by atoms with Gasteiger partial charge in [0.25, 0.3) is 10.0 Å². The number of amides is 1. The maximum Gasteiger partial charge on any atom is 0.266 e. The van der Waals surface area contributed by atoms with E-state index in [0.29, 0.717) is 0 Å². The van der Waals surface area contributed by atoms with E-state index < -0.39 is 22.5 Å². The van der Waals surface area contributed by atoms with E-state index in [1.54, 1.807) is 11.0 Å². The number of nitrogens with two attached hydrogens (primary N) is 1. The number of carbonyl (C=O) groups is 1. The minimum atomic E-state index is -3.90. The van der Waals surface area contributed by atoms with Gasteiger partial charge < -0.3 is 10.5 Å². The summed E-state index contributed by atoms with van der Waals surface area (Å²) in [6.07, 6.45) is 0. The van der Waals surface area contributed by atoms with E-state index in [1.165, 1.54) is 25.3 Å². The summed E-state index contributed by atoms with van der Waals surface area (Å²) >= 11 is 0. The highest BCUT2D eigenvalue weighted by Crippen LogP contribution is 2.22. The van der Waals surface area contributed by atoms with Crippen LogP contribution in [-0.2, 0) is 19.7 Å². The zero-order valence-electron chi connectivity index (χ0n) is 9.04. The quantitative estimate of drug-likeness (QED) is 0.663. The number of benzene rings is 1. The SMILES string of the molecule is COc1ccccc1S(=O)(=O)NOCC(N)=O. The Morgan fingerprint density at radius 3 is 2.65 bits per heavy atom. The predicted molar refractivity (Wildman–Crippen MR) is 58.5 cm³/mol. The van der Waals surface area contributed by atoms with Gasteiger partial charge in [0.15, 0.2) is 0 Å². The molecule has 0 saturated heterocycles. The molecule has 17 heavy (non-hydrogen) atoms. The van der Waals surface area contributed by atoms with Crippen molar-refractivity contribution in [2.75, 3.05) is 13.7 Å². The van der Waals surface area contributed by atoms with Gasteiger partial charge in [-0.05, 0) is 12.1 Å². The third-order valence-corrected chi connectivity index (χ3v) is 3.00. The van der Waals surface area contributed by atoms with Gasteiger partial charge in [-0.3, -0.25) is 9.63 Å².